The third-order valence-corrected chi connectivity index (χ3v) is 2.72. The number of amides is 1. The van der Waals surface area contributed by atoms with E-state index in [2.05, 4.69) is 0 Å². The zero-order valence-corrected chi connectivity index (χ0v) is 8.77. The van der Waals surface area contributed by atoms with Crippen molar-refractivity contribution < 1.29 is 14.3 Å². The number of nitrogens with zero attached hydrogens (tertiary/aromatic N) is 1. The average molecular weight is 216 g/mol. The first-order valence-electron chi connectivity index (χ1n) is 5.00. The molecule has 1 aromatic rings. The summed E-state index contributed by atoms with van der Waals surface area (Å²) in [5.74, 6) is 1.44. The molecule has 2 aliphatic rings. The maximum atomic E-state index is 11.7. The lowest BCUT2D eigenvalue weighted by Crippen LogP contribution is -2.46. The Hall–Kier alpha value is -2.10. The molecule has 0 saturated carbocycles. The lowest BCUT2D eigenvalue weighted by Gasteiger charge is -2.09. The van der Waals surface area contributed by atoms with Gasteiger partial charge in [0.1, 0.15) is 5.75 Å². The van der Waals surface area contributed by atoms with Crippen LogP contribution in [0.4, 0.5) is 0 Å². The van der Waals surface area contributed by atoms with Gasteiger partial charge < -0.3 is 9.47 Å². The second-order valence-electron chi connectivity index (χ2n) is 3.64. The largest absolute Gasteiger partial charge is 0.497 e. The van der Waals surface area contributed by atoms with Gasteiger partial charge in [-0.3, -0.25) is 0 Å². The number of methoxy groups -OCH3 is 1. The lowest BCUT2D eigenvalue weighted by molar-refractivity contribution is -0.121. The Bertz CT molecular complexity index is 628. The van der Waals surface area contributed by atoms with Crippen LogP contribution in [0.25, 0.3) is 6.08 Å². The Morgan fingerprint density at radius 3 is 3.12 bits per heavy atom. The monoisotopic (exact) mass is 216 g/mol. The second-order valence-corrected chi connectivity index (χ2v) is 3.64. The molecule has 4 nitrogen and oxygen atoms in total. The van der Waals surface area contributed by atoms with E-state index >= 15 is 0 Å². The fraction of sp³-hybridized carbons (Fsp3) is 0.167. The molecule has 80 valence electrons. The second kappa shape index (κ2) is 3.20. The van der Waals surface area contributed by atoms with E-state index in [0.717, 1.165) is 16.3 Å². The Balaban J connectivity index is 2.46. The highest BCUT2D eigenvalue weighted by Crippen LogP contribution is 2.15. The minimum atomic E-state index is 0.0541. The van der Waals surface area contributed by atoms with E-state index in [-0.39, 0.29) is 5.91 Å². The van der Waals surface area contributed by atoms with E-state index in [4.69, 9.17) is 9.47 Å². The summed E-state index contributed by atoms with van der Waals surface area (Å²) in [5, 5.41) is 1.78. The van der Waals surface area contributed by atoms with Crippen LogP contribution in [-0.2, 0) is 4.79 Å². The molecule has 0 aromatic heterocycles. The quantitative estimate of drug-likeness (QED) is 0.608. The van der Waals surface area contributed by atoms with E-state index < -0.39 is 0 Å². The van der Waals surface area contributed by atoms with Gasteiger partial charge in [-0.05, 0) is 6.07 Å². The van der Waals surface area contributed by atoms with Crippen LogP contribution in [0.1, 0.15) is 6.42 Å². The van der Waals surface area contributed by atoms with Crippen LogP contribution in [0.5, 0.6) is 11.5 Å². The molecule has 0 unspecified atom stereocenters. The first kappa shape index (κ1) is 9.15. The van der Waals surface area contributed by atoms with Crippen LogP contribution >= 0.6 is 0 Å². The third-order valence-electron chi connectivity index (χ3n) is 2.72. The molecule has 0 bridgehead atoms. The smallest absolute Gasteiger partial charge is 0.396 e. The molecule has 1 aromatic carbocycles. The molecule has 0 spiro atoms. The molecule has 2 heterocycles. The number of carbonyl (C=O) groups excluding carboxylic acids is 1. The minimum absolute atomic E-state index is 0.0541. The highest BCUT2D eigenvalue weighted by molar-refractivity contribution is 5.85. The first-order valence-corrected chi connectivity index (χ1v) is 5.00. The highest BCUT2D eigenvalue weighted by Gasteiger charge is 2.25. The standard InChI is InChI=1S/C12H10NO3/c1-15-9-6-8-2-3-11(14)13-4-5-16-10(7-9)12(8)13/h2,4-7H,3H2,1H3/q+1. The van der Waals surface area contributed by atoms with Crippen molar-refractivity contribution in [3.05, 3.63) is 35.2 Å². The molecule has 0 radical (unpaired) electrons. The molecule has 1 amide bonds. The maximum absolute atomic E-state index is 11.7. The van der Waals surface area contributed by atoms with Crippen LogP contribution < -0.4 is 24.6 Å². The van der Waals surface area contributed by atoms with Gasteiger partial charge in [0.2, 0.25) is 11.9 Å². The van der Waals surface area contributed by atoms with Crippen molar-refractivity contribution in [2.75, 3.05) is 7.11 Å². The van der Waals surface area contributed by atoms with Gasteiger partial charge in [-0.15, -0.1) is 4.58 Å². The van der Waals surface area contributed by atoms with Crippen molar-refractivity contribution in [3.8, 4) is 11.5 Å². The van der Waals surface area contributed by atoms with Gasteiger partial charge in [-0.1, -0.05) is 6.08 Å². The Morgan fingerprint density at radius 1 is 1.44 bits per heavy atom. The Labute approximate surface area is 91.7 Å². The van der Waals surface area contributed by atoms with Gasteiger partial charge in [-0.25, -0.2) is 4.79 Å². The predicted octanol–water partition coefficient (Wildman–Crippen LogP) is -0.239. The number of hydrogen-bond acceptors (Lipinski definition) is 3. The predicted molar refractivity (Wildman–Crippen MR) is 57.3 cm³/mol. The van der Waals surface area contributed by atoms with Crippen LogP contribution in [0.3, 0.4) is 0 Å². The molecule has 3 rings (SSSR count). The number of hydrogen-bond donors (Lipinski definition) is 0. The number of ether oxygens (including phenoxy) is 2. The average Bonchev–Trinajstić information content (AvgIpc) is 2.33. The van der Waals surface area contributed by atoms with Crippen molar-refractivity contribution in [2.45, 2.75) is 6.42 Å². The summed E-state index contributed by atoms with van der Waals surface area (Å²) < 4.78 is 12.2. The normalized spacial score (nSPS) is 16.3. The zero-order valence-electron chi connectivity index (χ0n) is 8.77. The van der Waals surface area contributed by atoms with Crippen LogP contribution in [0.2, 0.25) is 0 Å². The zero-order chi connectivity index (χ0) is 11.1. The van der Waals surface area contributed by atoms with E-state index in [0.29, 0.717) is 12.2 Å². The van der Waals surface area contributed by atoms with Gasteiger partial charge in [0.05, 0.1) is 18.7 Å². The topological polar surface area (TPSA) is 38.5 Å². The van der Waals surface area contributed by atoms with Crippen molar-refractivity contribution in [3.63, 3.8) is 0 Å². The molecule has 0 saturated heterocycles. The SMILES string of the molecule is COc1cc2c3c(c1)=CCC(=O)[N+]=3C=CO2. The summed E-state index contributed by atoms with van der Waals surface area (Å²) in [6.07, 6.45) is 5.45. The van der Waals surface area contributed by atoms with E-state index in [1.54, 1.807) is 24.0 Å². The minimum Gasteiger partial charge on any atom is -0.497 e. The molecule has 2 aliphatic heterocycles. The molecule has 16 heavy (non-hydrogen) atoms. The van der Waals surface area contributed by atoms with Crippen molar-refractivity contribution >= 4 is 12.0 Å². The summed E-state index contributed by atoms with van der Waals surface area (Å²) in [6.45, 7) is 0. The van der Waals surface area contributed by atoms with E-state index in [9.17, 15) is 4.79 Å². The summed E-state index contributed by atoms with van der Waals surface area (Å²) >= 11 is 0. The number of benzene rings is 1. The van der Waals surface area contributed by atoms with Gasteiger partial charge >= 0.3 is 5.91 Å². The fourth-order valence-electron chi connectivity index (χ4n) is 1.97. The number of rotatable bonds is 1. The number of carbonyl (C=O) groups is 1. The Morgan fingerprint density at radius 2 is 2.31 bits per heavy atom. The van der Waals surface area contributed by atoms with Gasteiger partial charge in [0.15, 0.2) is 6.26 Å². The van der Waals surface area contributed by atoms with E-state index in [1.807, 2.05) is 12.1 Å². The van der Waals surface area contributed by atoms with Crippen LogP contribution in [0.15, 0.2) is 24.6 Å². The molecule has 0 aliphatic carbocycles. The van der Waals surface area contributed by atoms with E-state index in [1.165, 1.54) is 6.26 Å². The lowest BCUT2D eigenvalue weighted by atomic mass is 10.1. The summed E-state index contributed by atoms with van der Waals surface area (Å²) in [4.78, 5) is 11.7. The van der Waals surface area contributed by atoms with Crippen molar-refractivity contribution in [1.29, 1.82) is 0 Å². The fourth-order valence-corrected chi connectivity index (χ4v) is 1.97. The summed E-state index contributed by atoms with van der Waals surface area (Å²) in [6, 6.07) is 3.68. The maximum Gasteiger partial charge on any atom is 0.396 e. The van der Waals surface area contributed by atoms with Crippen molar-refractivity contribution in [1.82, 2.24) is 4.58 Å². The summed E-state index contributed by atoms with van der Waals surface area (Å²) in [5.41, 5.74) is 0. The van der Waals surface area contributed by atoms with Gasteiger partial charge in [-0.2, -0.15) is 0 Å². The third kappa shape index (κ3) is 1.16. The van der Waals surface area contributed by atoms with Crippen LogP contribution in [0, 0.1) is 0 Å². The highest BCUT2D eigenvalue weighted by atomic mass is 16.5. The molecule has 0 atom stereocenters. The van der Waals surface area contributed by atoms with Crippen molar-refractivity contribution in [2.24, 2.45) is 0 Å². The molecule has 0 N–H and O–H groups in total. The van der Waals surface area contributed by atoms with Crippen LogP contribution in [-0.4, -0.2) is 13.0 Å². The Kier molecular flexibility index (Phi) is 1.83. The summed E-state index contributed by atoms with van der Waals surface area (Å²) in [7, 11) is 1.61. The molecule has 4 heteroatoms. The van der Waals surface area contributed by atoms with Gasteiger partial charge in [0, 0.05) is 6.07 Å². The molecular formula is C12H10NO3+. The first-order chi connectivity index (χ1) is 7.79. The van der Waals surface area contributed by atoms with Gasteiger partial charge in [0.25, 0.3) is 5.36 Å². The molecule has 0 fully saturated rings. The molecular weight excluding hydrogens is 206 g/mol.